The molecule has 21 heavy (non-hydrogen) atoms. The topological polar surface area (TPSA) is 47.2 Å². The summed E-state index contributed by atoms with van der Waals surface area (Å²) in [5.74, 6) is 0.774. The molecule has 3 rings (SSSR count). The van der Waals surface area contributed by atoms with Gasteiger partial charge >= 0.3 is 0 Å². The summed E-state index contributed by atoms with van der Waals surface area (Å²) in [7, 11) is 0. The number of nitrogens with zero attached hydrogens (tertiary/aromatic N) is 1. The van der Waals surface area contributed by atoms with Crippen LogP contribution in [0.3, 0.4) is 0 Å². The molecule has 0 bridgehead atoms. The molecule has 0 spiro atoms. The van der Waals surface area contributed by atoms with Gasteiger partial charge in [0.1, 0.15) is 5.76 Å². The number of furan rings is 1. The second-order valence-corrected chi connectivity index (χ2v) is 5.70. The molecule has 1 atom stereocenters. The molecule has 5 heteroatoms. The van der Waals surface area contributed by atoms with Crippen molar-refractivity contribution in [2.75, 3.05) is 0 Å². The maximum Gasteiger partial charge on any atom is 0.222 e. The van der Waals surface area contributed by atoms with Crippen LogP contribution in [0.5, 0.6) is 0 Å². The predicted octanol–water partition coefficient (Wildman–Crippen LogP) is 3.44. The zero-order valence-electron chi connectivity index (χ0n) is 11.4. The van der Waals surface area contributed by atoms with E-state index in [1.54, 1.807) is 17.6 Å². The van der Waals surface area contributed by atoms with Gasteiger partial charge in [-0.05, 0) is 35.7 Å². The number of rotatable bonds is 6. The van der Waals surface area contributed by atoms with Crippen LogP contribution in [0.15, 0.2) is 64.9 Å². The van der Waals surface area contributed by atoms with E-state index < -0.39 is 0 Å². The average Bonchev–Trinajstić information content (AvgIpc) is 3.26. The van der Waals surface area contributed by atoms with E-state index in [9.17, 15) is 4.79 Å². The number of thiophene rings is 1. The van der Waals surface area contributed by atoms with Crippen LogP contribution in [0.4, 0.5) is 0 Å². The highest BCUT2D eigenvalue weighted by molar-refractivity contribution is 7.10. The summed E-state index contributed by atoms with van der Waals surface area (Å²) in [6, 6.07) is 11.7. The molecule has 0 radical (unpaired) electrons. The molecule has 0 saturated heterocycles. The minimum Gasteiger partial charge on any atom is -0.467 e. The van der Waals surface area contributed by atoms with Crippen molar-refractivity contribution in [3.8, 4) is 0 Å². The average molecular weight is 300 g/mol. The Morgan fingerprint density at radius 3 is 2.76 bits per heavy atom. The van der Waals surface area contributed by atoms with Crippen LogP contribution < -0.4 is 5.32 Å². The number of hydrogen-bond donors (Lipinski definition) is 1. The molecule has 0 unspecified atom stereocenters. The highest BCUT2D eigenvalue weighted by Crippen LogP contribution is 2.26. The first-order valence-electron chi connectivity index (χ1n) is 6.78. The van der Waals surface area contributed by atoms with Crippen molar-refractivity contribution in [3.05, 3.63) is 71.1 Å². The van der Waals surface area contributed by atoms with Gasteiger partial charge in [-0.2, -0.15) is 0 Å². The maximum absolute atomic E-state index is 12.2. The van der Waals surface area contributed by atoms with Gasteiger partial charge in [0.25, 0.3) is 0 Å². The Hall–Kier alpha value is -2.27. The van der Waals surface area contributed by atoms with Gasteiger partial charge in [-0.15, -0.1) is 11.3 Å². The van der Waals surface area contributed by atoms with E-state index in [-0.39, 0.29) is 11.9 Å². The Morgan fingerprint density at radius 2 is 2.10 bits per heavy atom. The Morgan fingerprint density at radius 1 is 1.24 bits per heavy atom. The van der Waals surface area contributed by atoms with E-state index in [1.165, 1.54) is 4.88 Å². The van der Waals surface area contributed by atoms with Gasteiger partial charge < -0.3 is 14.3 Å². The smallest absolute Gasteiger partial charge is 0.222 e. The van der Waals surface area contributed by atoms with E-state index in [2.05, 4.69) is 16.0 Å². The number of carbonyl (C=O) groups is 1. The summed E-state index contributed by atoms with van der Waals surface area (Å²) in [5.41, 5.74) is 0. The SMILES string of the molecule is O=C(C[C@@H](c1cccs1)n1cccc1)NCc1ccco1. The van der Waals surface area contributed by atoms with Crippen LogP contribution in [0.25, 0.3) is 0 Å². The molecule has 3 aromatic heterocycles. The largest absolute Gasteiger partial charge is 0.467 e. The molecule has 0 fully saturated rings. The summed E-state index contributed by atoms with van der Waals surface area (Å²) >= 11 is 1.67. The number of hydrogen-bond acceptors (Lipinski definition) is 3. The van der Waals surface area contributed by atoms with Gasteiger partial charge in [-0.25, -0.2) is 0 Å². The summed E-state index contributed by atoms with van der Waals surface area (Å²) in [5, 5.41) is 4.93. The van der Waals surface area contributed by atoms with Gasteiger partial charge in [0.2, 0.25) is 5.91 Å². The van der Waals surface area contributed by atoms with E-state index in [0.29, 0.717) is 13.0 Å². The summed E-state index contributed by atoms with van der Waals surface area (Å²) in [4.78, 5) is 13.4. The molecular formula is C16H16N2O2S. The molecular weight excluding hydrogens is 284 g/mol. The molecule has 0 aromatic carbocycles. The van der Waals surface area contributed by atoms with Gasteiger partial charge in [-0.1, -0.05) is 6.07 Å². The Labute approximate surface area is 127 Å². The van der Waals surface area contributed by atoms with Crippen molar-refractivity contribution in [2.45, 2.75) is 19.0 Å². The second kappa shape index (κ2) is 6.45. The van der Waals surface area contributed by atoms with Crippen LogP contribution in [-0.4, -0.2) is 10.5 Å². The molecule has 108 valence electrons. The number of amides is 1. The lowest BCUT2D eigenvalue weighted by Crippen LogP contribution is -2.26. The van der Waals surface area contributed by atoms with Crippen molar-refractivity contribution in [1.82, 2.24) is 9.88 Å². The Balaban J connectivity index is 1.66. The lowest BCUT2D eigenvalue weighted by molar-refractivity contribution is -0.121. The van der Waals surface area contributed by atoms with Crippen molar-refractivity contribution >= 4 is 17.2 Å². The van der Waals surface area contributed by atoms with Gasteiger partial charge in [0.15, 0.2) is 0 Å². The molecule has 1 amide bonds. The van der Waals surface area contributed by atoms with Gasteiger partial charge in [0.05, 0.1) is 25.3 Å². The van der Waals surface area contributed by atoms with Crippen LogP contribution in [0, 0.1) is 0 Å². The predicted molar refractivity (Wildman–Crippen MR) is 82.1 cm³/mol. The Kier molecular flexibility index (Phi) is 4.21. The third kappa shape index (κ3) is 3.44. The van der Waals surface area contributed by atoms with E-state index in [1.807, 2.05) is 48.1 Å². The molecule has 4 nitrogen and oxygen atoms in total. The summed E-state index contributed by atoms with van der Waals surface area (Å²) < 4.78 is 7.28. The van der Waals surface area contributed by atoms with Crippen LogP contribution in [-0.2, 0) is 11.3 Å². The van der Waals surface area contributed by atoms with Gasteiger partial charge in [0, 0.05) is 17.3 Å². The number of carbonyl (C=O) groups excluding carboxylic acids is 1. The molecule has 0 aliphatic carbocycles. The second-order valence-electron chi connectivity index (χ2n) is 4.72. The zero-order chi connectivity index (χ0) is 14.5. The van der Waals surface area contributed by atoms with Gasteiger partial charge in [-0.3, -0.25) is 4.79 Å². The normalized spacial score (nSPS) is 12.2. The summed E-state index contributed by atoms with van der Waals surface area (Å²) in [6.45, 7) is 0.425. The summed E-state index contributed by atoms with van der Waals surface area (Å²) in [6.07, 6.45) is 6.00. The standard InChI is InChI=1S/C16H16N2O2S/c19-16(17-12-13-5-3-9-20-13)11-14(15-6-4-10-21-15)18-7-1-2-8-18/h1-10,14H,11-12H2,(H,17,19)/t14-/m0/s1. The van der Waals surface area contributed by atoms with Crippen molar-refractivity contribution in [2.24, 2.45) is 0 Å². The van der Waals surface area contributed by atoms with Crippen molar-refractivity contribution in [3.63, 3.8) is 0 Å². The lowest BCUT2D eigenvalue weighted by atomic mass is 10.1. The van der Waals surface area contributed by atoms with Crippen LogP contribution in [0.1, 0.15) is 23.1 Å². The lowest BCUT2D eigenvalue weighted by Gasteiger charge is -2.17. The van der Waals surface area contributed by atoms with E-state index in [0.717, 1.165) is 5.76 Å². The Bertz CT molecular complexity index is 623. The van der Waals surface area contributed by atoms with E-state index >= 15 is 0 Å². The third-order valence-corrected chi connectivity index (χ3v) is 4.25. The minimum absolute atomic E-state index is 0.0125. The van der Waals surface area contributed by atoms with Crippen molar-refractivity contribution < 1.29 is 9.21 Å². The molecule has 0 saturated carbocycles. The maximum atomic E-state index is 12.2. The third-order valence-electron chi connectivity index (χ3n) is 3.28. The highest BCUT2D eigenvalue weighted by Gasteiger charge is 2.18. The fraction of sp³-hybridized carbons (Fsp3) is 0.188. The first kappa shape index (κ1) is 13.7. The van der Waals surface area contributed by atoms with E-state index in [4.69, 9.17) is 4.42 Å². The highest BCUT2D eigenvalue weighted by atomic mass is 32.1. The van der Waals surface area contributed by atoms with Crippen molar-refractivity contribution in [1.29, 1.82) is 0 Å². The number of nitrogens with one attached hydrogen (secondary N) is 1. The first-order valence-corrected chi connectivity index (χ1v) is 7.66. The molecule has 3 aromatic rings. The quantitative estimate of drug-likeness (QED) is 0.758. The first-order chi connectivity index (χ1) is 10.3. The molecule has 0 aliphatic rings. The fourth-order valence-corrected chi connectivity index (χ4v) is 3.07. The fourth-order valence-electron chi connectivity index (χ4n) is 2.24. The van der Waals surface area contributed by atoms with Crippen LogP contribution >= 0.6 is 11.3 Å². The zero-order valence-corrected chi connectivity index (χ0v) is 12.3. The molecule has 1 N–H and O–H groups in total. The minimum atomic E-state index is 0.0125. The monoisotopic (exact) mass is 300 g/mol. The molecule has 0 aliphatic heterocycles. The molecule has 3 heterocycles. The number of aromatic nitrogens is 1. The van der Waals surface area contributed by atoms with Crippen LogP contribution in [0.2, 0.25) is 0 Å².